The van der Waals surface area contributed by atoms with Gasteiger partial charge in [0.05, 0.1) is 23.0 Å². The smallest absolute Gasteiger partial charge is 0.337 e. The van der Waals surface area contributed by atoms with Crippen LogP contribution in [-0.2, 0) is 6.61 Å². The van der Waals surface area contributed by atoms with Crippen molar-refractivity contribution in [2.24, 2.45) is 0 Å². The lowest BCUT2D eigenvalue weighted by atomic mass is 10.1. The summed E-state index contributed by atoms with van der Waals surface area (Å²) in [6.07, 6.45) is 3.35. The van der Waals surface area contributed by atoms with E-state index in [0.29, 0.717) is 17.9 Å². The summed E-state index contributed by atoms with van der Waals surface area (Å²) in [5, 5.41) is 10.4. The van der Waals surface area contributed by atoms with Gasteiger partial charge in [0.2, 0.25) is 0 Å². The summed E-state index contributed by atoms with van der Waals surface area (Å²) in [4.78, 5) is 15.6. The van der Waals surface area contributed by atoms with E-state index in [1.165, 1.54) is 0 Å². The van der Waals surface area contributed by atoms with E-state index in [1.807, 2.05) is 42.7 Å². The van der Waals surface area contributed by atoms with Crippen molar-refractivity contribution in [3.63, 3.8) is 0 Å². The van der Waals surface area contributed by atoms with Crippen LogP contribution in [0.1, 0.15) is 35.9 Å². The van der Waals surface area contributed by atoms with E-state index in [2.05, 4.69) is 4.98 Å². The van der Waals surface area contributed by atoms with Crippen LogP contribution in [0.4, 0.5) is 0 Å². The number of fused-ring (bicyclic) bond motifs is 1. The molecule has 2 aromatic heterocycles. The second kappa shape index (κ2) is 6.12. The molecule has 0 aliphatic carbocycles. The van der Waals surface area contributed by atoms with Crippen molar-refractivity contribution >= 4 is 16.9 Å². The van der Waals surface area contributed by atoms with Gasteiger partial charge in [-0.15, -0.1) is 0 Å². The number of carboxylic acid groups (broad SMARTS) is 1. The van der Waals surface area contributed by atoms with Crippen molar-refractivity contribution in [2.45, 2.75) is 26.5 Å². The van der Waals surface area contributed by atoms with Gasteiger partial charge >= 0.3 is 5.97 Å². The number of carbonyl (C=O) groups is 1. The zero-order chi connectivity index (χ0) is 16.4. The Hall–Kier alpha value is -2.82. The molecule has 0 unspecified atom stereocenters. The Morgan fingerprint density at radius 1 is 1.30 bits per heavy atom. The SMILES string of the molecule is CC(C)n1c(COc2cccnc2)cc2cccc(C(=O)O)c21. The van der Waals surface area contributed by atoms with Crippen LogP contribution >= 0.6 is 0 Å². The Balaban J connectivity index is 2.05. The van der Waals surface area contributed by atoms with Crippen LogP contribution in [0.2, 0.25) is 0 Å². The number of pyridine rings is 1. The van der Waals surface area contributed by atoms with E-state index in [4.69, 9.17) is 4.74 Å². The monoisotopic (exact) mass is 310 g/mol. The van der Waals surface area contributed by atoms with Crippen LogP contribution in [0.3, 0.4) is 0 Å². The predicted octanol–water partition coefficient (Wildman–Crippen LogP) is 3.89. The minimum atomic E-state index is -0.921. The number of ether oxygens (including phenoxy) is 1. The highest BCUT2D eigenvalue weighted by molar-refractivity contribution is 6.02. The van der Waals surface area contributed by atoms with Crippen molar-refractivity contribution in [3.8, 4) is 5.75 Å². The molecule has 3 rings (SSSR count). The lowest BCUT2D eigenvalue weighted by molar-refractivity contribution is 0.0698. The maximum atomic E-state index is 11.5. The number of benzene rings is 1. The normalized spacial score (nSPS) is 11.1. The first-order valence-electron chi connectivity index (χ1n) is 7.47. The number of hydrogen-bond acceptors (Lipinski definition) is 3. The molecule has 3 aromatic rings. The zero-order valence-electron chi connectivity index (χ0n) is 13.1. The van der Waals surface area contributed by atoms with Crippen LogP contribution in [0, 0.1) is 0 Å². The van der Waals surface area contributed by atoms with Crippen molar-refractivity contribution in [1.29, 1.82) is 0 Å². The summed E-state index contributed by atoms with van der Waals surface area (Å²) in [5.74, 6) is -0.234. The molecule has 5 nitrogen and oxygen atoms in total. The fourth-order valence-electron chi connectivity index (χ4n) is 2.80. The van der Waals surface area contributed by atoms with Gasteiger partial charge in [0.15, 0.2) is 0 Å². The average molecular weight is 310 g/mol. The molecular formula is C18H18N2O3. The van der Waals surface area contributed by atoms with E-state index >= 15 is 0 Å². The summed E-state index contributed by atoms with van der Waals surface area (Å²) >= 11 is 0. The molecule has 2 heterocycles. The summed E-state index contributed by atoms with van der Waals surface area (Å²) in [6, 6.07) is 11.1. The maximum Gasteiger partial charge on any atom is 0.337 e. The van der Waals surface area contributed by atoms with Gasteiger partial charge in [-0.05, 0) is 38.1 Å². The summed E-state index contributed by atoms with van der Waals surface area (Å²) in [6.45, 7) is 4.43. The maximum absolute atomic E-state index is 11.5. The number of nitrogens with zero attached hydrogens (tertiary/aromatic N) is 2. The van der Waals surface area contributed by atoms with E-state index in [0.717, 1.165) is 16.6 Å². The molecule has 0 amide bonds. The first-order chi connectivity index (χ1) is 11.1. The topological polar surface area (TPSA) is 64.4 Å². The molecule has 0 fully saturated rings. The molecule has 0 aliphatic rings. The minimum absolute atomic E-state index is 0.125. The van der Waals surface area contributed by atoms with Gasteiger partial charge in [0.1, 0.15) is 12.4 Å². The van der Waals surface area contributed by atoms with Crippen LogP contribution in [-0.4, -0.2) is 20.6 Å². The van der Waals surface area contributed by atoms with Crippen LogP contribution < -0.4 is 4.74 Å². The van der Waals surface area contributed by atoms with Crippen molar-refractivity contribution in [3.05, 3.63) is 60.0 Å². The molecule has 1 aromatic carbocycles. The second-order valence-corrected chi connectivity index (χ2v) is 5.63. The average Bonchev–Trinajstić information content (AvgIpc) is 2.92. The largest absolute Gasteiger partial charge is 0.486 e. The number of hydrogen-bond donors (Lipinski definition) is 1. The van der Waals surface area contributed by atoms with Gasteiger partial charge in [-0.1, -0.05) is 12.1 Å². The Labute approximate surface area is 134 Å². The number of para-hydroxylation sites is 1. The van der Waals surface area contributed by atoms with E-state index in [-0.39, 0.29) is 6.04 Å². The highest BCUT2D eigenvalue weighted by Gasteiger charge is 2.18. The number of aromatic carboxylic acids is 1. The fraction of sp³-hybridized carbons (Fsp3) is 0.222. The second-order valence-electron chi connectivity index (χ2n) is 5.63. The van der Waals surface area contributed by atoms with E-state index in [1.54, 1.807) is 24.5 Å². The van der Waals surface area contributed by atoms with E-state index < -0.39 is 5.97 Å². The summed E-state index contributed by atoms with van der Waals surface area (Å²) < 4.78 is 7.80. The van der Waals surface area contributed by atoms with Crippen molar-refractivity contribution < 1.29 is 14.6 Å². The first kappa shape index (κ1) is 15.1. The van der Waals surface area contributed by atoms with Gasteiger partial charge in [-0.25, -0.2) is 4.79 Å². The summed E-state index contributed by atoms with van der Waals surface area (Å²) in [7, 11) is 0. The van der Waals surface area contributed by atoms with Gasteiger partial charge in [-0.3, -0.25) is 4.98 Å². The molecule has 0 saturated carbocycles. The van der Waals surface area contributed by atoms with Crippen LogP contribution in [0.15, 0.2) is 48.8 Å². The van der Waals surface area contributed by atoms with Gasteiger partial charge < -0.3 is 14.4 Å². The fourth-order valence-corrected chi connectivity index (χ4v) is 2.80. The van der Waals surface area contributed by atoms with Gasteiger partial charge in [0, 0.05) is 17.6 Å². The van der Waals surface area contributed by atoms with Crippen LogP contribution in [0.5, 0.6) is 5.75 Å². The lowest BCUT2D eigenvalue weighted by Crippen LogP contribution is -2.10. The molecule has 1 N–H and O–H groups in total. The highest BCUT2D eigenvalue weighted by Crippen LogP contribution is 2.28. The quantitative estimate of drug-likeness (QED) is 0.776. The molecule has 5 heteroatoms. The highest BCUT2D eigenvalue weighted by atomic mass is 16.5. The third-order valence-corrected chi connectivity index (χ3v) is 3.71. The molecular weight excluding hydrogens is 292 g/mol. The van der Waals surface area contributed by atoms with Gasteiger partial charge in [-0.2, -0.15) is 0 Å². The third-order valence-electron chi connectivity index (χ3n) is 3.71. The zero-order valence-corrected chi connectivity index (χ0v) is 13.1. The number of carboxylic acids is 1. The molecule has 0 saturated heterocycles. The Bertz CT molecular complexity index is 838. The Morgan fingerprint density at radius 3 is 2.78 bits per heavy atom. The molecule has 0 atom stereocenters. The number of aromatic nitrogens is 2. The first-order valence-corrected chi connectivity index (χ1v) is 7.47. The molecule has 0 aliphatic heterocycles. The van der Waals surface area contributed by atoms with Crippen molar-refractivity contribution in [1.82, 2.24) is 9.55 Å². The molecule has 0 bridgehead atoms. The predicted molar refractivity (Wildman–Crippen MR) is 87.9 cm³/mol. The standard InChI is InChI=1S/C18H18N2O3/c1-12(2)20-14(11-23-15-6-4-8-19-10-15)9-13-5-3-7-16(17(13)20)18(21)22/h3-10,12H,11H2,1-2H3,(H,21,22). The minimum Gasteiger partial charge on any atom is -0.486 e. The Morgan fingerprint density at radius 2 is 2.13 bits per heavy atom. The van der Waals surface area contributed by atoms with Crippen LogP contribution in [0.25, 0.3) is 10.9 Å². The molecule has 0 spiro atoms. The van der Waals surface area contributed by atoms with E-state index in [9.17, 15) is 9.90 Å². The molecule has 0 radical (unpaired) electrons. The van der Waals surface area contributed by atoms with Gasteiger partial charge in [0.25, 0.3) is 0 Å². The molecule has 23 heavy (non-hydrogen) atoms. The number of rotatable bonds is 5. The van der Waals surface area contributed by atoms with Crippen molar-refractivity contribution in [2.75, 3.05) is 0 Å². The summed E-state index contributed by atoms with van der Waals surface area (Å²) in [5.41, 5.74) is 1.98. The lowest BCUT2D eigenvalue weighted by Gasteiger charge is -2.16. The third kappa shape index (κ3) is 2.90. The molecule has 118 valence electrons. The Kier molecular flexibility index (Phi) is 4.02.